The van der Waals surface area contributed by atoms with Crippen LogP contribution in [0.3, 0.4) is 0 Å². The molecule has 2 aliphatic heterocycles. The maximum Gasteiger partial charge on any atom is 0.231 e. The standard InChI is InChI=1S/C16H21NO4/c18-13(11-3-4-14-15(7-11)21-9-20-14)8-17-12-5-6-19-16(12)10-1-2-10/h3-4,7,10,12-13,16-18H,1-2,5-6,8-9H2. The van der Waals surface area contributed by atoms with Crippen molar-refractivity contribution in [3.05, 3.63) is 23.8 Å². The maximum atomic E-state index is 10.4. The van der Waals surface area contributed by atoms with Crippen LogP contribution in [0.2, 0.25) is 0 Å². The zero-order valence-corrected chi connectivity index (χ0v) is 12.0. The van der Waals surface area contributed by atoms with Crippen molar-refractivity contribution in [2.24, 2.45) is 5.92 Å². The molecule has 0 amide bonds. The Bertz CT molecular complexity index is 517. The molecule has 1 aromatic carbocycles. The fourth-order valence-corrected chi connectivity index (χ4v) is 3.22. The number of rotatable bonds is 5. The van der Waals surface area contributed by atoms with Crippen LogP contribution in [0.1, 0.15) is 30.9 Å². The summed E-state index contributed by atoms with van der Waals surface area (Å²) in [5.41, 5.74) is 0.855. The number of ether oxygens (including phenoxy) is 3. The Morgan fingerprint density at radius 2 is 2.05 bits per heavy atom. The minimum absolute atomic E-state index is 0.260. The van der Waals surface area contributed by atoms with Crippen LogP contribution in [0.15, 0.2) is 18.2 Å². The fraction of sp³-hybridized carbons (Fsp3) is 0.625. The predicted molar refractivity (Wildman–Crippen MR) is 76.4 cm³/mol. The second-order valence-corrected chi connectivity index (χ2v) is 6.10. The lowest BCUT2D eigenvalue weighted by Crippen LogP contribution is -2.39. The van der Waals surface area contributed by atoms with Crippen molar-refractivity contribution in [2.75, 3.05) is 19.9 Å². The Hall–Kier alpha value is -1.30. The van der Waals surface area contributed by atoms with Gasteiger partial charge in [0.15, 0.2) is 11.5 Å². The molecule has 4 rings (SSSR count). The van der Waals surface area contributed by atoms with Crippen molar-refractivity contribution in [1.29, 1.82) is 0 Å². The molecule has 0 aromatic heterocycles. The molecule has 2 heterocycles. The van der Waals surface area contributed by atoms with Gasteiger partial charge in [0.1, 0.15) is 0 Å². The predicted octanol–water partition coefficient (Wildman–Crippen LogP) is 1.61. The summed E-state index contributed by atoms with van der Waals surface area (Å²) in [4.78, 5) is 0. The van der Waals surface area contributed by atoms with Crippen LogP contribution in [0.5, 0.6) is 11.5 Å². The first-order chi connectivity index (χ1) is 10.3. The van der Waals surface area contributed by atoms with Gasteiger partial charge in [-0.25, -0.2) is 0 Å². The highest BCUT2D eigenvalue weighted by atomic mass is 16.7. The molecule has 2 N–H and O–H groups in total. The molecule has 0 bridgehead atoms. The highest BCUT2D eigenvalue weighted by Crippen LogP contribution is 2.39. The van der Waals surface area contributed by atoms with Crippen LogP contribution in [-0.2, 0) is 4.74 Å². The second-order valence-electron chi connectivity index (χ2n) is 6.10. The van der Waals surface area contributed by atoms with E-state index in [1.807, 2.05) is 18.2 Å². The normalized spacial score (nSPS) is 28.8. The number of hydrogen-bond acceptors (Lipinski definition) is 5. The molecule has 1 aliphatic carbocycles. The van der Waals surface area contributed by atoms with Gasteiger partial charge in [0.05, 0.1) is 12.2 Å². The Balaban J connectivity index is 1.36. The Kier molecular flexibility index (Phi) is 3.49. The van der Waals surface area contributed by atoms with E-state index in [0.29, 0.717) is 24.4 Å². The Morgan fingerprint density at radius 3 is 2.90 bits per heavy atom. The van der Waals surface area contributed by atoms with E-state index in [1.54, 1.807) is 0 Å². The van der Waals surface area contributed by atoms with Gasteiger partial charge in [0.25, 0.3) is 0 Å². The lowest BCUT2D eigenvalue weighted by molar-refractivity contribution is 0.0769. The molecular formula is C16H21NO4. The minimum atomic E-state index is -0.542. The zero-order valence-electron chi connectivity index (χ0n) is 12.0. The fourth-order valence-electron chi connectivity index (χ4n) is 3.22. The van der Waals surface area contributed by atoms with Gasteiger partial charge in [0.2, 0.25) is 6.79 Å². The Labute approximate surface area is 124 Å². The molecule has 0 spiro atoms. The maximum absolute atomic E-state index is 10.4. The third-order valence-electron chi connectivity index (χ3n) is 4.58. The number of aliphatic hydroxyl groups is 1. The van der Waals surface area contributed by atoms with Crippen LogP contribution >= 0.6 is 0 Å². The highest BCUT2D eigenvalue weighted by molar-refractivity contribution is 5.45. The van der Waals surface area contributed by atoms with E-state index >= 15 is 0 Å². The molecule has 1 saturated heterocycles. The summed E-state index contributed by atoms with van der Waals surface area (Å²) in [5.74, 6) is 2.19. The van der Waals surface area contributed by atoms with Gasteiger partial charge >= 0.3 is 0 Å². The van der Waals surface area contributed by atoms with Gasteiger partial charge in [0, 0.05) is 19.2 Å². The third kappa shape index (κ3) is 2.73. The van der Waals surface area contributed by atoms with Crippen LogP contribution in [0.25, 0.3) is 0 Å². The first-order valence-electron chi connectivity index (χ1n) is 7.74. The summed E-state index contributed by atoms with van der Waals surface area (Å²) < 4.78 is 16.4. The van der Waals surface area contributed by atoms with Gasteiger partial charge in [-0.2, -0.15) is 0 Å². The monoisotopic (exact) mass is 291 g/mol. The van der Waals surface area contributed by atoms with Gasteiger partial charge in [-0.15, -0.1) is 0 Å². The van der Waals surface area contributed by atoms with Crippen molar-refractivity contribution < 1.29 is 19.3 Å². The van der Waals surface area contributed by atoms with Crippen molar-refractivity contribution in [3.63, 3.8) is 0 Å². The van der Waals surface area contributed by atoms with Crippen molar-refractivity contribution >= 4 is 0 Å². The van der Waals surface area contributed by atoms with Crippen molar-refractivity contribution in [1.82, 2.24) is 5.32 Å². The van der Waals surface area contributed by atoms with Crippen LogP contribution in [-0.4, -0.2) is 37.2 Å². The molecule has 3 atom stereocenters. The quantitative estimate of drug-likeness (QED) is 0.863. The van der Waals surface area contributed by atoms with Crippen molar-refractivity contribution in [3.8, 4) is 11.5 Å². The topological polar surface area (TPSA) is 60.0 Å². The minimum Gasteiger partial charge on any atom is -0.454 e. The number of hydrogen-bond donors (Lipinski definition) is 2. The number of nitrogens with one attached hydrogen (secondary N) is 1. The Morgan fingerprint density at radius 1 is 1.19 bits per heavy atom. The summed E-state index contributed by atoms with van der Waals surface area (Å²) in [6.45, 7) is 1.63. The van der Waals surface area contributed by atoms with Crippen LogP contribution in [0, 0.1) is 5.92 Å². The molecule has 1 saturated carbocycles. The molecule has 0 radical (unpaired) electrons. The van der Waals surface area contributed by atoms with E-state index in [2.05, 4.69) is 5.32 Å². The summed E-state index contributed by atoms with van der Waals surface area (Å²) in [6.07, 6.45) is 3.41. The molecule has 3 unspecified atom stereocenters. The SMILES string of the molecule is OC(CNC1CCOC1C1CC1)c1ccc2c(c1)OCO2. The molecule has 1 aromatic rings. The van der Waals surface area contributed by atoms with Gasteiger partial charge in [-0.05, 0) is 42.9 Å². The summed E-state index contributed by atoms with van der Waals surface area (Å²) in [7, 11) is 0. The zero-order chi connectivity index (χ0) is 14.2. The van der Waals surface area contributed by atoms with E-state index in [-0.39, 0.29) is 6.79 Å². The molecule has 5 heteroatoms. The molecule has 21 heavy (non-hydrogen) atoms. The first kappa shape index (κ1) is 13.4. The van der Waals surface area contributed by atoms with Gasteiger partial charge < -0.3 is 24.6 Å². The second kappa shape index (κ2) is 5.48. The van der Waals surface area contributed by atoms with Gasteiger partial charge in [-0.3, -0.25) is 0 Å². The van der Waals surface area contributed by atoms with Gasteiger partial charge in [-0.1, -0.05) is 6.07 Å². The average Bonchev–Trinajstić information content (AvgIpc) is 3.06. The molecular weight excluding hydrogens is 270 g/mol. The average molecular weight is 291 g/mol. The summed E-state index contributed by atoms with van der Waals surface area (Å²) in [5, 5.41) is 13.8. The largest absolute Gasteiger partial charge is 0.454 e. The number of aliphatic hydroxyl groups excluding tert-OH is 1. The third-order valence-corrected chi connectivity index (χ3v) is 4.58. The van der Waals surface area contributed by atoms with E-state index in [9.17, 15) is 5.11 Å². The van der Waals surface area contributed by atoms with Crippen molar-refractivity contribution in [2.45, 2.75) is 37.5 Å². The number of fused-ring (bicyclic) bond motifs is 1. The lowest BCUT2D eigenvalue weighted by atomic mass is 10.0. The first-order valence-corrected chi connectivity index (χ1v) is 7.74. The smallest absolute Gasteiger partial charge is 0.231 e. The van der Waals surface area contributed by atoms with Crippen LogP contribution < -0.4 is 14.8 Å². The van der Waals surface area contributed by atoms with E-state index in [0.717, 1.165) is 30.3 Å². The summed E-state index contributed by atoms with van der Waals surface area (Å²) >= 11 is 0. The van der Waals surface area contributed by atoms with E-state index in [1.165, 1.54) is 12.8 Å². The molecule has 2 fully saturated rings. The molecule has 114 valence electrons. The lowest BCUT2D eigenvalue weighted by Gasteiger charge is -2.21. The molecule has 3 aliphatic rings. The highest BCUT2D eigenvalue weighted by Gasteiger charge is 2.40. The van der Waals surface area contributed by atoms with E-state index < -0.39 is 6.10 Å². The number of benzene rings is 1. The summed E-state index contributed by atoms with van der Waals surface area (Å²) in [6, 6.07) is 5.98. The van der Waals surface area contributed by atoms with Crippen LogP contribution in [0.4, 0.5) is 0 Å². The van der Waals surface area contributed by atoms with E-state index in [4.69, 9.17) is 14.2 Å². The molecule has 5 nitrogen and oxygen atoms in total.